The van der Waals surface area contributed by atoms with Crippen molar-refractivity contribution in [3.05, 3.63) is 28.2 Å². The Balaban J connectivity index is 2.66. The van der Waals surface area contributed by atoms with Gasteiger partial charge in [0, 0.05) is 4.47 Å². The first-order chi connectivity index (χ1) is 7.17. The van der Waals surface area contributed by atoms with Crippen LogP contribution >= 0.6 is 15.9 Å². The molecule has 84 valence electrons. The molecule has 1 unspecified atom stereocenters. The van der Waals surface area contributed by atoms with Crippen molar-refractivity contribution >= 4 is 15.9 Å². The Labute approximate surface area is 99.4 Å². The number of hydrogen-bond acceptors (Lipinski definition) is 2. The molecule has 0 heterocycles. The largest absolute Gasteiger partial charge is 0.497 e. The number of aliphatic hydroxyl groups excluding tert-OH is 1. The van der Waals surface area contributed by atoms with Crippen LogP contribution in [-0.2, 0) is 6.42 Å². The second-order valence-corrected chi connectivity index (χ2v) is 4.41. The predicted octanol–water partition coefficient (Wildman–Crippen LogP) is 3.16. The van der Waals surface area contributed by atoms with Crippen LogP contribution in [0.15, 0.2) is 22.7 Å². The van der Waals surface area contributed by atoms with E-state index in [4.69, 9.17) is 4.74 Å². The molecule has 1 rings (SSSR count). The van der Waals surface area contributed by atoms with E-state index >= 15 is 0 Å². The second kappa shape index (κ2) is 6.13. The number of ether oxygens (including phenoxy) is 1. The highest BCUT2D eigenvalue weighted by atomic mass is 79.9. The number of halogens is 1. The standard InChI is InChI=1S/C12H17BrO2/c1-3-10(14)5-4-9-8-11(15-2)6-7-12(9)13/h6-8,10,14H,3-5H2,1-2H3. The van der Waals surface area contributed by atoms with Crippen LogP contribution in [0, 0.1) is 0 Å². The van der Waals surface area contributed by atoms with Gasteiger partial charge in [-0.3, -0.25) is 0 Å². The summed E-state index contributed by atoms with van der Waals surface area (Å²) in [7, 11) is 1.66. The number of methoxy groups -OCH3 is 1. The van der Waals surface area contributed by atoms with Crippen molar-refractivity contribution in [1.29, 1.82) is 0 Å². The molecule has 0 amide bonds. The van der Waals surface area contributed by atoms with Gasteiger partial charge in [0.05, 0.1) is 13.2 Å². The molecule has 1 aromatic carbocycles. The van der Waals surface area contributed by atoms with Crippen LogP contribution in [0.4, 0.5) is 0 Å². The van der Waals surface area contributed by atoms with Crippen molar-refractivity contribution in [2.45, 2.75) is 32.3 Å². The maximum atomic E-state index is 9.49. The van der Waals surface area contributed by atoms with E-state index in [0.717, 1.165) is 29.5 Å². The number of aliphatic hydroxyl groups is 1. The highest BCUT2D eigenvalue weighted by Crippen LogP contribution is 2.24. The van der Waals surface area contributed by atoms with Crippen LogP contribution in [-0.4, -0.2) is 18.3 Å². The summed E-state index contributed by atoms with van der Waals surface area (Å²) < 4.78 is 6.24. The molecule has 15 heavy (non-hydrogen) atoms. The Morgan fingerprint density at radius 1 is 1.47 bits per heavy atom. The minimum atomic E-state index is -0.205. The van der Waals surface area contributed by atoms with Gasteiger partial charge in [-0.05, 0) is 43.0 Å². The summed E-state index contributed by atoms with van der Waals surface area (Å²) in [6.45, 7) is 1.99. The van der Waals surface area contributed by atoms with Crippen LogP contribution in [0.2, 0.25) is 0 Å². The fourth-order valence-corrected chi connectivity index (χ4v) is 1.84. The molecule has 3 heteroatoms. The van der Waals surface area contributed by atoms with Crippen LogP contribution in [0.5, 0.6) is 5.75 Å². The molecule has 1 N–H and O–H groups in total. The summed E-state index contributed by atoms with van der Waals surface area (Å²) in [6.07, 6.45) is 2.26. The zero-order valence-electron chi connectivity index (χ0n) is 9.16. The van der Waals surface area contributed by atoms with Crippen molar-refractivity contribution < 1.29 is 9.84 Å². The predicted molar refractivity (Wildman–Crippen MR) is 65.3 cm³/mol. The lowest BCUT2D eigenvalue weighted by Crippen LogP contribution is -2.06. The molecule has 0 saturated carbocycles. The van der Waals surface area contributed by atoms with E-state index < -0.39 is 0 Å². The first kappa shape index (κ1) is 12.5. The molecule has 0 aliphatic rings. The van der Waals surface area contributed by atoms with Crippen molar-refractivity contribution in [2.75, 3.05) is 7.11 Å². The fraction of sp³-hybridized carbons (Fsp3) is 0.500. The van der Waals surface area contributed by atoms with Gasteiger partial charge < -0.3 is 9.84 Å². The van der Waals surface area contributed by atoms with E-state index in [0.29, 0.717) is 0 Å². The minimum absolute atomic E-state index is 0.205. The third-order valence-electron chi connectivity index (χ3n) is 2.47. The SMILES string of the molecule is CCC(O)CCc1cc(OC)ccc1Br. The minimum Gasteiger partial charge on any atom is -0.497 e. The van der Waals surface area contributed by atoms with E-state index in [1.165, 1.54) is 5.56 Å². The number of hydrogen-bond donors (Lipinski definition) is 1. The number of aryl methyl sites for hydroxylation is 1. The lowest BCUT2D eigenvalue weighted by molar-refractivity contribution is 0.160. The van der Waals surface area contributed by atoms with Gasteiger partial charge in [0.1, 0.15) is 5.75 Å². The molecule has 0 bridgehead atoms. The van der Waals surface area contributed by atoms with Crippen molar-refractivity contribution in [2.24, 2.45) is 0 Å². The van der Waals surface area contributed by atoms with Crippen molar-refractivity contribution in [1.82, 2.24) is 0 Å². The van der Waals surface area contributed by atoms with E-state index in [-0.39, 0.29) is 6.10 Å². The molecule has 0 spiro atoms. The zero-order valence-corrected chi connectivity index (χ0v) is 10.8. The maximum absolute atomic E-state index is 9.49. The average Bonchev–Trinajstić information content (AvgIpc) is 2.27. The normalized spacial score (nSPS) is 12.5. The zero-order chi connectivity index (χ0) is 11.3. The van der Waals surface area contributed by atoms with E-state index in [1.54, 1.807) is 7.11 Å². The Kier molecular flexibility index (Phi) is 5.12. The Morgan fingerprint density at radius 3 is 2.80 bits per heavy atom. The first-order valence-corrected chi connectivity index (χ1v) is 5.97. The molecule has 0 aromatic heterocycles. The highest BCUT2D eigenvalue weighted by Gasteiger charge is 2.05. The summed E-state index contributed by atoms with van der Waals surface area (Å²) >= 11 is 3.49. The van der Waals surface area contributed by atoms with Crippen LogP contribution in [0.25, 0.3) is 0 Å². The van der Waals surface area contributed by atoms with Crippen LogP contribution in [0.3, 0.4) is 0 Å². The molecule has 1 aromatic rings. The van der Waals surface area contributed by atoms with Crippen LogP contribution < -0.4 is 4.74 Å². The third-order valence-corrected chi connectivity index (χ3v) is 3.24. The number of benzene rings is 1. The van der Waals surface area contributed by atoms with Gasteiger partial charge in [-0.25, -0.2) is 0 Å². The van der Waals surface area contributed by atoms with E-state index in [1.807, 2.05) is 25.1 Å². The van der Waals surface area contributed by atoms with Crippen LogP contribution in [0.1, 0.15) is 25.3 Å². The van der Waals surface area contributed by atoms with Gasteiger partial charge in [-0.2, -0.15) is 0 Å². The van der Waals surface area contributed by atoms with E-state index in [9.17, 15) is 5.11 Å². The number of rotatable bonds is 5. The Morgan fingerprint density at radius 2 is 2.20 bits per heavy atom. The summed E-state index contributed by atoms with van der Waals surface area (Å²) in [5.41, 5.74) is 1.18. The van der Waals surface area contributed by atoms with Gasteiger partial charge in [-0.1, -0.05) is 22.9 Å². The van der Waals surface area contributed by atoms with E-state index in [2.05, 4.69) is 15.9 Å². The molecule has 0 radical (unpaired) electrons. The van der Waals surface area contributed by atoms with Gasteiger partial charge in [-0.15, -0.1) is 0 Å². The summed E-state index contributed by atoms with van der Waals surface area (Å²) in [5.74, 6) is 0.860. The molecule has 0 fully saturated rings. The monoisotopic (exact) mass is 272 g/mol. The molecular formula is C12H17BrO2. The smallest absolute Gasteiger partial charge is 0.119 e. The summed E-state index contributed by atoms with van der Waals surface area (Å²) in [6, 6.07) is 5.91. The fourth-order valence-electron chi connectivity index (χ4n) is 1.40. The van der Waals surface area contributed by atoms with Gasteiger partial charge in [0.2, 0.25) is 0 Å². The lowest BCUT2D eigenvalue weighted by atomic mass is 10.1. The van der Waals surface area contributed by atoms with Crippen molar-refractivity contribution in [3.8, 4) is 5.75 Å². The maximum Gasteiger partial charge on any atom is 0.119 e. The van der Waals surface area contributed by atoms with Gasteiger partial charge in [0.25, 0.3) is 0 Å². The Hall–Kier alpha value is -0.540. The van der Waals surface area contributed by atoms with Gasteiger partial charge in [0.15, 0.2) is 0 Å². The summed E-state index contributed by atoms with van der Waals surface area (Å²) in [4.78, 5) is 0. The average molecular weight is 273 g/mol. The van der Waals surface area contributed by atoms with Gasteiger partial charge >= 0.3 is 0 Å². The third kappa shape index (κ3) is 3.84. The molecule has 0 saturated heterocycles. The topological polar surface area (TPSA) is 29.5 Å². The second-order valence-electron chi connectivity index (χ2n) is 3.56. The highest BCUT2D eigenvalue weighted by molar-refractivity contribution is 9.10. The lowest BCUT2D eigenvalue weighted by Gasteiger charge is -2.10. The Bertz CT molecular complexity index is 312. The molecule has 0 aliphatic carbocycles. The molecule has 2 nitrogen and oxygen atoms in total. The van der Waals surface area contributed by atoms with Crippen molar-refractivity contribution in [3.63, 3.8) is 0 Å². The molecular weight excluding hydrogens is 256 g/mol. The molecule has 0 aliphatic heterocycles. The summed E-state index contributed by atoms with van der Waals surface area (Å²) in [5, 5.41) is 9.49. The molecule has 1 atom stereocenters. The first-order valence-electron chi connectivity index (χ1n) is 5.17. The quantitative estimate of drug-likeness (QED) is 0.893.